The van der Waals surface area contributed by atoms with Crippen LogP contribution >= 0.6 is 0 Å². The van der Waals surface area contributed by atoms with Gasteiger partial charge in [0.1, 0.15) is 11.6 Å². The van der Waals surface area contributed by atoms with Crippen LogP contribution in [0.4, 0.5) is 8.78 Å². The lowest BCUT2D eigenvalue weighted by atomic mass is 9.91. The zero-order valence-corrected chi connectivity index (χ0v) is 12.9. The minimum Gasteiger partial charge on any atom is -0.314 e. The summed E-state index contributed by atoms with van der Waals surface area (Å²) in [5.41, 5.74) is 0.738. The second kappa shape index (κ2) is 9.06. The standard InChI is InChI=1S/C17H27F2N/c1-4-7-20-17(10-13(5-2)6-3)11-14-8-15(18)12-16(19)9-14/h8-9,12-13,17,20H,4-7,10-11H2,1-3H3. The minimum atomic E-state index is -0.489. The second-order valence-corrected chi connectivity index (χ2v) is 5.55. The maximum absolute atomic E-state index is 13.3. The molecule has 20 heavy (non-hydrogen) atoms. The average Bonchev–Trinajstić information content (AvgIpc) is 2.40. The van der Waals surface area contributed by atoms with E-state index in [9.17, 15) is 8.78 Å². The molecule has 0 amide bonds. The third-order valence-electron chi connectivity index (χ3n) is 3.86. The quantitative estimate of drug-likeness (QED) is 0.692. The Hall–Kier alpha value is -0.960. The molecule has 0 fully saturated rings. The molecule has 0 bridgehead atoms. The molecule has 0 aliphatic carbocycles. The lowest BCUT2D eigenvalue weighted by Gasteiger charge is -2.23. The van der Waals surface area contributed by atoms with Gasteiger partial charge < -0.3 is 5.32 Å². The zero-order chi connectivity index (χ0) is 15.0. The van der Waals surface area contributed by atoms with E-state index in [1.54, 1.807) is 0 Å². The van der Waals surface area contributed by atoms with Crippen molar-refractivity contribution in [1.82, 2.24) is 5.32 Å². The molecule has 0 aliphatic rings. The van der Waals surface area contributed by atoms with Crippen LogP contribution in [-0.4, -0.2) is 12.6 Å². The number of halogens is 2. The summed E-state index contributed by atoms with van der Waals surface area (Å²) < 4.78 is 26.5. The number of hydrogen-bond acceptors (Lipinski definition) is 1. The molecule has 0 saturated carbocycles. The first kappa shape index (κ1) is 17.1. The van der Waals surface area contributed by atoms with Crippen LogP contribution in [-0.2, 0) is 6.42 Å². The van der Waals surface area contributed by atoms with Crippen molar-refractivity contribution in [3.63, 3.8) is 0 Å². The molecule has 0 aliphatic heterocycles. The molecule has 0 saturated heterocycles. The van der Waals surface area contributed by atoms with Gasteiger partial charge in [0, 0.05) is 12.1 Å². The summed E-state index contributed by atoms with van der Waals surface area (Å²) in [6, 6.07) is 4.10. The highest BCUT2D eigenvalue weighted by atomic mass is 19.1. The van der Waals surface area contributed by atoms with Gasteiger partial charge in [-0.25, -0.2) is 8.78 Å². The van der Waals surface area contributed by atoms with Gasteiger partial charge in [-0.3, -0.25) is 0 Å². The first-order valence-corrected chi connectivity index (χ1v) is 7.77. The van der Waals surface area contributed by atoms with Crippen LogP contribution in [0.1, 0.15) is 52.0 Å². The molecule has 0 aromatic heterocycles. The molecule has 0 spiro atoms. The smallest absolute Gasteiger partial charge is 0.126 e. The molecule has 114 valence electrons. The number of nitrogens with one attached hydrogen (secondary N) is 1. The molecule has 1 rings (SSSR count). The van der Waals surface area contributed by atoms with Gasteiger partial charge in [0.25, 0.3) is 0 Å². The highest BCUT2D eigenvalue weighted by molar-refractivity contribution is 5.19. The fraction of sp³-hybridized carbons (Fsp3) is 0.647. The highest BCUT2D eigenvalue weighted by Gasteiger charge is 2.15. The first-order chi connectivity index (χ1) is 9.58. The fourth-order valence-corrected chi connectivity index (χ4v) is 2.62. The van der Waals surface area contributed by atoms with Crippen LogP contribution in [0, 0.1) is 17.6 Å². The molecule has 0 heterocycles. The summed E-state index contributed by atoms with van der Waals surface area (Å²) in [5, 5.41) is 3.51. The second-order valence-electron chi connectivity index (χ2n) is 5.55. The van der Waals surface area contributed by atoms with Gasteiger partial charge in [0.2, 0.25) is 0 Å². The number of benzene rings is 1. The molecule has 3 heteroatoms. The lowest BCUT2D eigenvalue weighted by molar-refractivity contribution is 0.363. The van der Waals surface area contributed by atoms with Crippen molar-refractivity contribution >= 4 is 0 Å². The van der Waals surface area contributed by atoms with Crippen LogP contribution in [0.15, 0.2) is 18.2 Å². The van der Waals surface area contributed by atoms with Crippen molar-refractivity contribution in [2.24, 2.45) is 5.92 Å². The third-order valence-corrected chi connectivity index (χ3v) is 3.86. The molecule has 0 radical (unpaired) electrons. The predicted octanol–water partition coefficient (Wildman–Crippen LogP) is 4.70. The lowest BCUT2D eigenvalue weighted by Crippen LogP contribution is -2.33. The van der Waals surface area contributed by atoms with Crippen LogP contribution in [0.2, 0.25) is 0 Å². The number of rotatable bonds is 9. The van der Waals surface area contributed by atoms with Gasteiger partial charge >= 0.3 is 0 Å². The Bertz CT molecular complexity index is 368. The topological polar surface area (TPSA) is 12.0 Å². The SMILES string of the molecule is CCCNC(Cc1cc(F)cc(F)c1)CC(CC)CC. The van der Waals surface area contributed by atoms with Crippen molar-refractivity contribution in [2.45, 2.75) is 58.9 Å². The molecule has 1 nitrogen and oxygen atoms in total. The Morgan fingerprint density at radius 1 is 1.00 bits per heavy atom. The molecule has 1 unspecified atom stereocenters. The summed E-state index contributed by atoms with van der Waals surface area (Å²) in [7, 11) is 0. The maximum atomic E-state index is 13.3. The summed E-state index contributed by atoms with van der Waals surface area (Å²) in [6.45, 7) is 7.48. The minimum absolute atomic E-state index is 0.293. The van der Waals surface area contributed by atoms with Crippen molar-refractivity contribution in [3.05, 3.63) is 35.4 Å². The largest absolute Gasteiger partial charge is 0.314 e. The maximum Gasteiger partial charge on any atom is 0.126 e. The normalized spacial score (nSPS) is 12.9. The van der Waals surface area contributed by atoms with Gasteiger partial charge in [0.05, 0.1) is 0 Å². The highest BCUT2D eigenvalue weighted by Crippen LogP contribution is 2.18. The van der Waals surface area contributed by atoms with Crippen LogP contribution < -0.4 is 5.32 Å². The predicted molar refractivity (Wildman–Crippen MR) is 80.8 cm³/mol. The van der Waals surface area contributed by atoms with Gasteiger partial charge in [-0.2, -0.15) is 0 Å². The Kier molecular flexibility index (Phi) is 7.75. The molecule has 1 aromatic carbocycles. The Morgan fingerprint density at radius 3 is 2.10 bits per heavy atom. The fourth-order valence-electron chi connectivity index (χ4n) is 2.62. The van der Waals surface area contributed by atoms with E-state index in [-0.39, 0.29) is 0 Å². The molecular weight excluding hydrogens is 256 g/mol. The number of hydrogen-bond donors (Lipinski definition) is 1. The summed E-state index contributed by atoms with van der Waals surface area (Å²) in [4.78, 5) is 0. The van der Waals surface area contributed by atoms with E-state index in [2.05, 4.69) is 26.1 Å². The average molecular weight is 283 g/mol. The molecule has 1 N–H and O–H groups in total. The Morgan fingerprint density at radius 2 is 1.60 bits per heavy atom. The molecule has 1 aromatic rings. The molecular formula is C17H27F2N. The van der Waals surface area contributed by atoms with Crippen LogP contribution in [0.25, 0.3) is 0 Å². The summed E-state index contributed by atoms with van der Waals surface area (Å²) >= 11 is 0. The Balaban J connectivity index is 2.71. The summed E-state index contributed by atoms with van der Waals surface area (Å²) in [5.74, 6) is -0.309. The van der Waals surface area contributed by atoms with Crippen molar-refractivity contribution in [1.29, 1.82) is 0 Å². The first-order valence-electron chi connectivity index (χ1n) is 7.77. The van der Waals surface area contributed by atoms with E-state index in [0.29, 0.717) is 18.4 Å². The van der Waals surface area contributed by atoms with Crippen molar-refractivity contribution < 1.29 is 8.78 Å². The van der Waals surface area contributed by atoms with E-state index in [4.69, 9.17) is 0 Å². The van der Waals surface area contributed by atoms with Crippen molar-refractivity contribution in [3.8, 4) is 0 Å². The van der Waals surface area contributed by atoms with Gasteiger partial charge in [0.15, 0.2) is 0 Å². The van der Waals surface area contributed by atoms with Crippen LogP contribution in [0.5, 0.6) is 0 Å². The van der Waals surface area contributed by atoms with E-state index in [0.717, 1.165) is 43.9 Å². The van der Waals surface area contributed by atoms with E-state index in [1.165, 1.54) is 12.1 Å². The van der Waals surface area contributed by atoms with E-state index < -0.39 is 11.6 Å². The van der Waals surface area contributed by atoms with Gasteiger partial charge in [-0.15, -0.1) is 0 Å². The third kappa shape index (κ3) is 6.00. The monoisotopic (exact) mass is 283 g/mol. The van der Waals surface area contributed by atoms with Crippen molar-refractivity contribution in [2.75, 3.05) is 6.54 Å². The van der Waals surface area contributed by atoms with E-state index in [1.807, 2.05) is 0 Å². The van der Waals surface area contributed by atoms with Gasteiger partial charge in [-0.05, 0) is 49.4 Å². The Labute approximate surface area is 121 Å². The molecule has 1 atom stereocenters. The summed E-state index contributed by atoms with van der Waals surface area (Å²) in [6.07, 6.45) is 5.11. The van der Waals surface area contributed by atoms with E-state index >= 15 is 0 Å². The van der Waals surface area contributed by atoms with Gasteiger partial charge in [-0.1, -0.05) is 33.6 Å². The zero-order valence-electron chi connectivity index (χ0n) is 12.9. The van der Waals surface area contributed by atoms with Crippen LogP contribution in [0.3, 0.4) is 0 Å².